The Labute approximate surface area is 178 Å². The molecule has 1 aliphatic heterocycles. The lowest BCUT2D eigenvalue weighted by molar-refractivity contribution is 0.203. The van der Waals surface area contributed by atoms with E-state index in [1.54, 1.807) is 14.2 Å². The van der Waals surface area contributed by atoms with E-state index < -0.39 is 0 Å². The first kappa shape index (κ1) is 20.4. The Hall–Kier alpha value is -2.92. The first-order chi connectivity index (χ1) is 14.7. The molecule has 2 aromatic carbocycles. The Balaban J connectivity index is 1.70. The molecule has 156 valence electrons. The molecule has 0 radical (unpaired) electrons. The third-order valence-corrected chi connectivity index (χ3v) is 5.71. The van der Waals surface area contributed by atoms with Crippen LogP contribution in [0.4, 0.5) is 0 Å². The van der Waals surface area contributed by atoms with Crippen molar-refractivity contribution in [2.75, 3.05) is 20.8 Å². The number of hydrogen-bond donors (Lipinski definition) is 0. The van der Waals surface area contributed by atoms with Gasteiger partial charge in [0.1, 0.15) is 5.82 Å². The fourth-order valence-corrected chi connectivity index (χ4v) is 4.24. The molecule has 1 atom stereocenters. The second-order valence-electron chi connectivity index (χ2n) is 7.70. The summed E-state index contributed by atoms with van der Waals surface area (Å²) < 4.78 is 11.2. The van der Waals surface area contributed by atoms with E-state index in [-0.39, 0.29) is 6.04 Å². The SMILES string of the molecule is CCCc1ncc(CN2CCc3cc(OC)c(OC)cc3[C@@H]2c2ccccc2)cn1. The molecule has 4 rings (SSSR count). The van der Waals surface area contributed by atoms with Crippen LogP contribution in [0, 0.1) is 0 Å². The number of rotatable bonds is 7. The molecule has 0 amide bonds. The van der Waals surface area contributed by atoms with Crippen molar-refractivity contribution in [2.45, 2.75) is 38.8 Å². The molecule has 0 saturated carbocycles. The van der Waals surface area contributed by atoms with Crippen LogP contribution in [0.2, 0.25) is 0 Å². The number of nitrogens with zero attached hydrogens (tertiary/aromatic N) is 3. The average molecular weight is 404 g/mol. The summed E-state index contributed by atoms with van der Waals surface area (Å²) in [7, 11) is 3.38. The van der Waals surface area contributed by atoms with Crippen molar-refractivity contribution >= 4 is 0 Å². The number of ether oxygens (including phenoxy) is 2. The molecule has 5 nitrogen and oxygen atoms in total. The summed E-state index contributed by atoms with van der Waals surface area (Å²) in [6, 6.07) is 15.1. The van der Waals surface area contributed by atoms with Gasteiger partial charge in [0.05, 0.1) is 20.3 Å². The Morgan fingerprint density at radius 1 is 1.00 bits per heavy atom. The first-order valence-corrected chi connectivity index (χ1v) is 10.6. The smallest absolute Gasteiger partial charge is 0.161 e. The maximum absolute atomic E-state index is 5.61. The van der Waals surface area contributed by atoms with Crippen molar-refractivity contribution in [3.8, 4) is 11.5 Å². The van der Waals surface area contributed by atoms with Gasteiger partial charge in [0.25, 0.3) is 0 Å². The largest absolute Gasteiger partial charge is 0.493 e. The van der Waals surface area contributed by atoms with Crippen molar-refractivity contribution in [2.24, 2.45) is 0 Å². The van der Waals surface area contributed by atoms with Gasteiger partial charge >= 0.3 is 0 Å². The van der Waals surface area contributed by atoms with E-state index in [4.69, 9.17) is 9.47 Å². The Morgan fingerprint density at radius 3 is 2.37 bits per heavy atom. The van der Waals surface area contributed by atoms with Gasteiger partial charge in [-0.2, -0.15) is 0 Å². The van der Waals surface area contributed by atoms with Gasteiger partial charge in [-0.1, -0.05) is 37.3 Å². The van der Waals surface area contributed by atoms with Crippen molar-refractivity contribution in [3.05, 3.63) is 82.9 Å². The Morgan fingerprint density at radius 2 is 1.70 bits per heavy atom. The standard InChI is InChI=1S/C25H29N3O2/c1-4-8-24-26-15-18(16-27-24)17-28-12-11-20-13-22(29-2)23(30-3)14-21(20)25(28)19-9-6-5-7-10-19/h5-7,9-10,13-16,25H,4,8,11-12,17H2,1-3H3/t25-/m0/s1. The lowest BCUT2D eigenvalue weighted by Gasteiger charge is -2.38. The zero-order valence-electron chi connectivity index (χ0n) is 18.0. The second kappa shape index (κ2) is 9.26. The van der Waals surface area contributed by atoms with Crippen LogP contribution in [-0.4, -0.2) is 35.6 Å². The lowest BCUT2D eigenvalue weighted by atomic mass is 9.87. The molecule has 0 N–H and O–H groups in total. The van der Waals surface area contributed by atoms with E-state index in [1.807, 2.05) is 12.4 Å². The van der Waals surface area contributed by atoms with Crippen molar-refractivity contribution in [1.29, 1.82) is 0 Å². The number of benzene rings is 2. The molecule has 2 heterocycles. The van der Waals surface area contributed by atoms with Gasteiger partial charge in [0.15, 0.2) is 11.5 Å². The highest BCUT2D eigenvalue weighted by molar-refractivity contribution is 5.51. The highest BCUT2D eigenvalue weighted by Crippen LogP contribution is 2.41. The maximum atomic E-state index is 5.61. The second-order valence-corrected chi connectivity index (χ2v) is 7.70. The summed E-state index contributed by atoms with van der Waals surface area (Å²) in [6.45, 7) is 3.91. The molecular weight excluding hydrogens is 374 g/mol. The lowest BCUT2D eigenvalue weighted by Crippen LogP contribution is -2.35. The fourth-order valence-electron chi connectivity index (χ4n) is 4.24. The van der Waals surface area contributed by atoms with Crippen LogP contribution in [0.15, 0.2) is 54.9 Å². The average Bonchev–Trinajstić information content (AvgIpc) is 2.80. The fraction of sp³-hybridized carbons (Fsp3) is 0.360. The third-order valence-electron chi connectivity index (χ3n) is 5.71. The van der Waals surface area contributed by atoms with Gasteiger partial charge in [-0.25, -0.2) is 9.97 Å². The molecule has 3 aromatic rings. The van der Waals surface area contributed by atoms with E-state index in [1.165, 1.54) is 16.7 Å². The van der Waals surface area contributed by atoms with Crippen LogP contribution < -0.4 is 9.47 Å². The van der Waals surface area contributed by atoms with E-state index in [0.29, 0.717) is 0 Å². The molecule has 0 unspecified atom stereocenters. The van der Waals surface area contributed by atoms with Crippen LogP contribution in [0.1, 0.15) is 47.5 Å². The summed E-state index contributed by atoms with van der Waals surface area (Å²) in [5, 5.41) is 0. The zero-order valence-corrected chi connectivity index (χ0v) is 18.0. The topological polar surface area (TPSA) is 47.5 Å². The molecule has 1 aromatic heterocycles. The molecular formula is C25H29N3O2. The minimum Gasteiger partial charge on any atom is -0.493 e. The van der Waals surface area contributed by atoms with Crippen LogP contribution >= 0.6 is 0 Å². The number of methoxy groups -OCH3 is 2. The number of aromatic nitrogens is 2. The monoisotopic (exact) mass is 403 g/mol. The predicted molar refractivity (Wildman–Crippen MR) is 118 cm³/mol. The van der Waals surface area contributed by atoms with Gasteiger partial charge in [-0.05, 0) is 41.7 Å². The van der Waals surface area contributed by atoms with E-state index in [9.17, 15) is 0 Å². The normalized spacial score (nSPS) is 16.2. The Kier molecular flexibility index (Phi) is 6.29. The Bertz CT molecular complexity index is 974. The van der Waals surface area contributed by atoms with Gasteiger partial charge in [-0.15, -0.1) is 0 Å². The summed E-state index contributed by atoms with van der Waals surface area (Å²) in [5.74, 6) is 2.48. The zero-order chi connectivity index (χ0) is 20.9. The summed E-state index contributed by atoms with van der Waals surface area (Å²) in [4.78, 5) is 11.6. The molecule has 0 spiro atoms. The van der Waals surface area contributed by atoms with Crippen LogP contribution in [0.3, 0.4) is 0 Å². The van der Waals surface area contributed by atoms with Gasteiger partial charge in [0, 0.05) is 37.5 Å². The molecule has 0 bridgehead atoms. The van der Waals surface area contributed by atoms with Gasteiger partial charge in [0.2, 0.25) is 0 Å². The van der Waals surface area contributed by atoms with E-state index in [2.05, 4.69) is 64.3 Å². The van der Waals surface area contributed by atoms with Crippen molar-refractivity contribution in [3.63, 3.8) is 0 Å². The van der Waals surface area contributed by atoms with E-state index in [0.717, 1.165) is 55.2 Å². The molecule has 30 heavy (non-hydrogen) atoms. The molecule has 0 aliphatic carbocycles. The highest BCUT2D eigenvalue weighted by Gasteiger charge is 2.30. The summed E-state index contributed by atoms with van der Waals surface area (Å²) in [6.07, 6.45) is 6.90. The number of aryl methyl sites for hydroxylation is 1. The van der Waals surface area contributed by atoms with Gasteiger partial charge in [-0.3, -0.25) is 4.90 Å². The van der Waals surface area contributed by atoms with E-state index >= 15 is 0 Å². The number of fused-ring (bicyclic) bond motifs is 1. The summed E-state index contributed by atoms with van der Waals surface area (Å²) in [5.41, 5.74) is 5.00. The molecule has 1 aliphatic rings. The molecule has 0 saturated heterocycles. The van der Waals surface area contributed by atoms with Gasteiger partial charge < -0.3 is 9.47 Å². The number of hydrogen-bond acceptors (Lipinski definition) is 5. The summed E-state index contributed by atoms with van der Waals surface area (Å²) >= 11 is 0. The minimum atomic E-state index is 0.144. The molecule has 0 fully saturated rings. The van der Waals surface area contributed by atoms with Crippen LogP contribution in [-0.2, 0) is 19.4 Å². The minimum absolute atomic E-state index is 0.144. The van der Waals surface area contributed by atoms with Crippen LogP contribution in [0.25, 0.3) is 0 Å². The quantitative estimate of drug-likeness (QED) is 0.577. The predicted octanol–water partition coefficient (Wildman–Crippen LogP) is 4.59. The molecule has 5 heteroatoms. The third kappa shape index (κ3) is 4.17. The van der Waals surface area contributed by atoms with Crippen molar-refractivity contribution in [1.82, 2.24) is 14.9 Å². The first-order valence-electron chi connectivity index (χ1n) is 10.6. The van der Waals surface area contributed by atoms with Crippen molar-refractivity contribution < 1.29 is 9.47 Å². The van der Waals surface area contributed by atoms with Crippen LogP contribution in [0.5, 0.6) is 11.5 Å². The maximum Gasteiger partial charge on any atom is 0.161 e. The highest BCUT2D eigenvalue weighted by atomic mass is 16.5.